The molecule has 2 heteroatoms. The van der Waals surface area contributed by atoms with Crippen LogP contribution in [0.4, 0.5) is 0 Å². The minimum Gasteiger partial charge on any atom is -0.393 e. The molecule has 4 saturated carbocycles. The summed E-state index contributed by atoms with van der Waals surface area (Å²) in [6.07, 6.45) is 20.6. The van der Waals surface area contributed by atoms with Crippen molar-refractivity contribution in [2.45, 2.75) is 144 Å². The molecule has 39 heavy (non-hydrogen) atoms. The van der Waals surface area contributed by atoms with Gasteiger partial charge in [0.25, 0.3) is 0 Å². The summed E-state index contributed by atoms with van der Waals surface area (Å²) in [5, 5.41) is 19.1. The highest BCUT2D eigenvalue weighted by Crippen LogP contribution is 2.60. The second-order valence-electron chi connectivity index (χ2n) is 13.4. The van der Waals surface area contributed by atoms with E-state index in [9.17, 15) is 5.11 Å². The van der Waals surface area contributed by atoms with Gasteiger partial charge in [0.2, 0.25) is 0 Å². The molecule has 0 aliphatic heterocycles. The lowest BCUT2D eigenvalue weighted by atomic mass is 9.60. The van der Waals surface area contributed by atoms with Gasteiger partial charge in [-0.15, -0.1) is 0 Å². The van der Waals surface area contributed by atoms with Gasteiger partial charge in [0.05, 0.1) is 12.2 Å². The predicted octanol–water partition coefficient (Wildman–Crippen LogP) is 10.3. The largest absolute Gasteiger partial charge is 0.393 e. The fourth-order valence-electron chi connectivity index (χ4n) is 7.71. The SMILES string of the molecule is C=C1CCC(O)C/C1=C/C=C1\CCCC2(C)C1CCC2C(C)CCCC(C)C.C=C1CCC(O)CC1=C.CC. The van der Waals surface area contributed by atoms with Crippen molar-refractivity contribution in [3.63, 3.8) is 0 Å². The van der Waals surface area contributed by atoms with E-state index in [1.54, 1.807) is 5.57 Å². The maximum Gasteiger partial charge on any atom is 0.0583 e. The number of allylic oxidation sites excluding steroid dienone is 5. The molecule has 4 fully saturated rings. The third-order valence-corrected chi connectivity index (χ3v) is 10.1. The van der Waals surface area contributed by atoms with Crippen LogP contribution in [-0.2, 0) is 0 Å². The second-order valence-corrected chi connectivity index (χ2v) is 13.4. The molecule has 4 aliphatic rings. The molecule has 0 amide bonds. The van der Waals surface area contributed by atoms with E-state index in [4.69, 9.17) is 5.11 Å². The summed E-state index contributed by atoms with van der Waals surface area (Å²) in [4.78, 5) is 0. The first kappa shape index (κ1) is 33.8. The molecule has 6 atom stereocenters. The molecule has 0 saturated heterocycles. The quantitative estimate of drug-likeness (QED) is 0.353. The highest BCUT2D eigenvalue weighted by Gasteiger charge is 2.50. The van der Waals surface area contributed by atoms with Crippen molar-refractivity contribution in [3.05, 3.63) is 59.8 Å². The van der Waals surface area contributed by atoms with Gasteiger partial charge in [0.1, 0.15) is 0 Å². The fraction of sp³-hybridized carbons (Fsp3) is 0.730. The molecular weight excluding hydrogens is 476 g/mol. The smallest absolute Gasteiger partial charge is 0.0583 e. The molecule has 0 aromatic heterocycles. The lowest BCUT2D eigenvalue weighted by Crippen LogP contribution is -2.36. The molecule has 222 valence electrons. The van der Waals surface area contributed by atoms with E-state index in [1.807, 2.05) is 13.8 Å². The Kier molecular flexibility index (Phi) is 14.0. The van der Waals surface area contributed by atoms with Crippen LogP contribution in [0.15, 0.2) is 59.8 Å². The number of hydrogen-bond acceptors (Lipinski definition) is 2. The molecule has 6 unspecified atom stereocenters. The van der Waals surface area contributed by atoms with Crippen LogP contribution in [0.2, 0.25) is 0 Å². The van der Waals surface area contributed by atoms with Gasteiger partial charge in [-0.25, -0.2) is 0 Å². The molecule has 2 N–H and O–H groups in total. The van der Waals surface area contributed by atoms with Gasteiger partial charge >= 0.3 is 0 Å². The molecule has 0 heterocycles. The Balaban J connectivity index is 0.000000407. The zero-order chi connectivity index (χ0) is 29.2. The van der Waals surface area contributed by atoms with Gasteiger partial charge in [-0.1, -0.05) is 115 Å². The molecule has 0 spiro atoms. The van der Waals surface area contributed by atoms with Gasteiger partial charge in [-0.2, -0.15) is 0 Å². The van der Waals surface area contributed by atoms with Crippen molar-refractivity contribution in [2.24, 2.45) is 29.1 Å². The molecular formula is C37H62O2. The molecule has 0 bridgehead atoms. The number of rotatable bonds is 6. The van der Waals surface area contributed by atoms with E-state index in [0.29, 0.717) is 5.41 Å². The summed E-state index contributed by atoms with van der Waals surface area (Å²) in [6.45, 7) is 25.7. The highest BCUT2D eigenvalue weighted by atomic mass is 16.3. The van der Waals surface area contributed by atoms with Crippen molar-refractivity contribution in [1.82, 2.24) is 0 Å². The maximum absolute atomic E-state index is 10.0. The van der Waals surface area contributed by atoms with Crippen LogP contribution in [0.3, 0.4) is 0 Å². The molecule has 0 aromatic rings. The minimum atomic E-state index is -0.172. The Labute approximate surface area is 242 Å². The standard InChI is InChI=1S/C27H44O.C8H12O.C2H6/c1-19(2)8-6-9-21(4)25-15-16-26-22(10-7-17-27(25,26)5)12-13-23-18-24(28)14-11-20(23)3;1-6-3-4-8(9)5-7(6)2;1-2/h12-13,19,21,24-26,28H,3,6-11,14-18H2,1-2,4-5H3;8-9H,1-5H2;1-2H3/b22-12+,23-13-;;. The summed E-state index contributed by atoms with van der Waals surface area (Å²) < 4.78 is 0. The minimum absolute atomic E-state index is 0.164. The van der Waals surface area contributed by atoms with Gasteiger partial charge < -0.3 is 10.2 Å². The molecule has 2 nitrogen and oxygen atoms in total. The van der Waals surface area contributed by atoms with Crippen LogP contribution in [0.1, 0.15) is 131 Å². The predicted molar refractivity (Wildman–Crippen MR) is 171 cm³/mol. The monoisotopic (exact) mass is 538 g/mol. The van der Waals surface area contributed by atoms with E-state index in [0.717, 1.165) is 73.3 Å². The van der Waals surface area contributed by atoms with E-state index in [-0.39, 0.29) is 12.2 Å². The van der Waals surface area contributed by atoms with Gasteiger partial charge in [-0.3, -0.25) is 0 Å². The fourth-order valence-corrected chi connectivity index (χ4v) is 7.71. The zero-order valence-corrected chi connectivity index (χ0v) is 26.5. The Morgan fingerprint density at radius 2 is 1.46 bits per heavy atom. The lowest BCUT2D eigenvalue weighted by Gasteiger charge is -2.44. The maximum atomic E-state index is 10.0. The Bertz CT molecular complexity index is 874. The normalized spacial score (nSPS) is 33.8. The summed E-state index contributed by atoms with van der Waals surface area (Å²) in [7, 11) is 0. The average Bonchev–Trinajstić information content (AvgIpc) is 3.26. The number of hydrogen-bond donors (Lipinski definition) is 2. The van der Waals surface area contributed by atoms with Crippen LogP contribution in [0.25, 0.3) is 0 Å². The summed E-state index contributed by atoms with van der Waals surface area (Å²) in [5.41, 5.74) is 6.85. The first-order valence-corrected chi connectivity index (χ1v) is 16.3. The van der Waals surface area contributed by atoms with Crippen LogP contribution >= 0.6 is 0 Å². The number of aliphatic hydroxyl groups is 2. The third kappa shape index (κ3) is 9.60. The Morgan fingerprint density at radius 3 is 2.08 bits per heavy atom. The molecule has 0 aromatic carbocycles. The van der Waals surface area contributed by atoms with Gasteiger partial charge in [-0.05, 0) is 105 Å². The first-order chi connectivity index (χ1) is 18.5. The van der Waals surface area contributed by atoms with Crippen molar-refractivity contribution < 1.29 is 10.2 Å². The van der Waals surface area contributed by atoms with Crippen molar-refractivity contribution in [1.29, 1.82) is 0 Å². The van der Waals surface area contributed by atoms with Gasteiger partial charge in [0.15, 0.2) is 0 Å². The van der Waals surface area contributed by atoms with Gasteiger partial charge in [0, 0.05) is 0 Å². The van der Waals surface area contributed by atoms with Crippen LogP contribution in [-0.4, -0.2) is 22.4 Å². The van der Waals surface area contributed by atoms with E-state index in [2.05, 4.69) is 59.6 Å². The summed E-state index contributed by atoms with van der Waals surface area (Å²) in [6, 6.07) is 0. The third-order valence-electron chi connectivity index (χ3n) is 10.1. The number of aliphatic hydroxyl groups excluding tert-OH is 2. The number of fused-ring (bicyclic) bond motifs is 1. The van der Waals surface area contributed by atoms with Crippen molar-refractivity contribution in [2.75, 3.05) is 0 Å². The van der Waals surface area contributed by atoms with E-state index in [1.165, 1.54) is 62.5 Å². The Morgan fingerprint density at radius 1 is 0.821 bits per heavy atom. The summed E-state index contributed by atoms with van der Waals surface area (Å²) >= 11 is 0. The molecule has 0 radical (unpaired) electrons. The second kappa shape index (κ2) is 16.2. The molecule has 4 aliphatic carbocycles. The topological polar surface area (TPSA) is 40.5 Å². The van der Waals surface area contributed by atoms with E-state index < -0.39 is 0 Å². The lowest BCUT2D eigenvalue weighted by molar-refractivity contribution is 0.0928. The van der Waals surface area contributed by atoms with Crippen LogP contribution in [0.5, 0.6) is 0 Å². The highest BCUT2D eigenvalue weighted by molar-refractivity contribution is 5.36. The first-order valence-electron chi connectivity index (χ1n) is 16.3. The average molecular weight is 539 g/mol. The van der Waals surface area contributed by atoms with Crippen molar-refractivity contribution >= 4 is 0 Å². The molecule has 4 rings (SSSR count). The van der Waals surface area contributed by atoms with Crippen LogP contribution in [0, 0.1) is 29.1 Å². The van der Waals surface area contributed by atoms with Crippen LogP contribution < -0.4 is 0 Å². The Hall–Kier alpha value is -1.38. The zero-order valence-electron chi connectivity index (χ0n) is 26.5. The summed E-state index contributed by atoms with van der Waals surface area (Å²) in [5.74, 6) is 3.37. The van der Waals surface area contributed by atoms with E-state index >= 15 is 0 Å². The van der Waals surface area contributed by atoms with Crippen molar-refractivity contribution in [3.8, 4) is 0 Å².